The molecule has 4 heteroatoms. The molecular weight excluding hydrogens is 250 g/mol. The Bertz CT molecular complexity index is 395. The van der Waals surface area contributed by atoms with Crippen LogP contribution in [0.15, 0.2) is 18.2 Å². The van der Waals surface area contributed by atoms with E-state index in [2.05, 4.69) is 4.90 Å². The Hall–Kier alpha value is -0.770. The van der Waals surface area contributed by atoms with Gasteiger partial charge in [0.15, 0.2) is 0 Å². The van der Waals surface area contributed by atoms with Crippen molar-refractivity contribution in [3.63, 3.8) is 0 Å². The molecule has 1 unspecified atom stereocenters. The average molecular weight is 270 g/mol. The summed E-state index contributed by atoms with van der Waals surface area (Å²) in [6.45, 7) is 4.73. The summed E-state index contributed by atoms with van der Waals surface area (Å²) in [7, 11) is 0. The number of hydrogen-bond acceptors (Lipinski definition) is 3. The van der Waals surface area contributed by atoms with E-state index >= 15 is 0 Å². The maximum atomic E-state index is 9.08. The Labute approximate surface area is 113 Å². The summed E-state index contributed by atoms with van der Waals surface area (Å²) in [5, 5.41) is 9.79. The van der Waals surface area contributed by atoms with Gasteiger partial charge in [0.25, 0.3) is 0 Å². The van der Waals surface area contributed by atoms with Crippen LogP contribution in [0, 0.1) is 0 Å². The molecule has 1 aliphatic heterocycles. The van der Waals surface area contributed by atoms with Gasteiger partial charge in [0.1, 0.15) is 0 Å². The van der Waals surface area contributed by atoms with Crippen molar-refractivity contribution in [1.82, 2.24) is 0 Å². The van der Waals surface area contributed by atoms with Gasteiger partial charge in [-0.3, -0.25) is 0 Å². The van der Waals surface area contributed by atoms with Crippen LogP contribution in [-0.4, -0.2) is 30.9 Å². The van der Waals surface area contributed by atoms with Gasteiger partial charge in [-0.2, -0.15) is 0 Å². The van der Waals surface area contributed by atoms with Crippen LogP contribution < -0.4 is 4.90 Å². The normalized spacial score (nSPS) is 20.2. The molecule has 0 aliphatic carbocycles. The first-order chi connectivity index (χ1) is 8.74. The monoisotopic (exact) mass is 269 g/mol. The van der Waals surface area contributed by atoms with Crippen molar-refractivity contribution in [2.45, 2.75) is 32.5 Å². The van der Waals surface area contributed by atoms with E-state index in [9.17, 15) is 0 Å². The van der Waals surface area contributed by atoms with Crippen molar-refractivity contribution < 1.29 is 9.84 Å². The predicted octanol–water partition coefficient (Wildman–Crippen LogP) is 2.84. The molecule has 1 aliphatic rings. The van der Waals surface area contributed by atoms with Gasteiger partial charge >= 0.3 is 0 Å². The van der Waals surface area contributed by atoms with Gasteiger partial charge in [0.05, 0.1) is 23.4 Å². The van der Waals surface area contributed by atoms with Crippen LogP contribution in [0.1, 0.15) is 25.3 Å². The zero-order chi connectivity index (χ0) is 13.0. The smallest absolute Gasteiger partial charge is 0.0750 e. The molecule has 1 aromatic rings. The van der Waals surface area contributed by atoms with E-state index in [1.54, 1.807) is 0 Å². The first-order valence-corrected chi connectivity index (χ1v) is 6.88. The van der Waals surface area contributed by atoms with Gasteiger partial charge < -0.3 is 14.7 Å². The highest BCUT2D eigenvalue weighted by atomic mass is 35.5. The third-order valence-corrected chi connectivity index (χ3v) is 3.62. The highest BCUT2D eigenvalue weighted by Crippen LogP contribution is 2.29. The lowest BCUT2D eigenvalue weighted by Crippen LogP contribution is -2.39. The van der Waals surface area contributed by atoms with Crippen LogP contribution >= 0.6 is 11.6 Å². The van der Waals surface area contributed by atoms with Gasteiger partial charge in [0.2, 0.25) is 0 Å². The van der Waals surface area contributed by atoms with Crippen molar-refractivity contribution in [1.29, 1.82) is 0 Å². The quantitative estimate of drug-likeness (QED) is 0.912. The second kappa shape index (κ2) is 6.41. The number of piperidine rings is 1. The molecule has 1 aromatic carbocycles. The molecule has 1 saturated heterocycles. The Balaban J connectivity index is 2.10. The first kappa shape index (κ1) is 13.7. The van der Waals surface area contributed by atoms with Gasteiger partial charge in [-0.1, -0.05) is 17.7 Å². The number of halogens is 1. The van der Waals surface area contributed by atoms with Gasteiger partial charge in [0, 0.05) is 19.7 Å². The minimum Gasteiger partial charge on any atom is -0.392 e. The number of anilines is 1. The number of aliphatic hydroxyl groups excluding tert-OH is 1. The van der Waals surface area contributed by atoms with Crippen LogP contribution in [0.4, 0.5) is 5.69 Å². The van der Waals surface area contributed by atoms with Crippen molar-refractivity contribution in [2.75, 3.05) is 24.6 Å². The van der Waals surface area contributed by atoms with Crippen molar-refractivity contribution in [3.05, 3.63) is 28.8 Å². The third kappa shape index (κ3) is 3.16. The molecule has 1 heterocycles. The van der Waals surface area contributed by atoms with Crippen LogP contribution in [0.2, 0.25) is 5.02 Å². The van der Waals surface area contributed by atoms with E-state index in [-0.39, 0.29) is 6.61 Å². The van der Waals surface area contributed by atoms with Crippen LogP contribution in [0.3, 0.4) is 0 Å². The number of hydrogen-bond donors (Lipinski definition) is 1. The van der Waals surface area contributed by atoms with E-state index < -0.39 is 0 Å². The molecule has 3 nitrogen and oxygen atoms in total. The Morgan fingerprint density at radius 1 is 1.50 bits per heavy atom. The first-order valence-electron chi connectivity index (χ1n) is 6.50. The summed E-state index contributed by atoms with van der Waals surface area (Å²) >= 11 is 6.27. The zero-order valence-corrected chi connectivity index (χ0v) is 11.5. The van der Waals surface area contributed by atoms with Gasteiger partial charge in [-0.25, -0.2) is 0 Å². The van der Waals surface area contributed by atoms with Crippen LogP contribution in [0.25, 0.3) is 0 Å². The predicted molar refractivity (Wildman–Crippen MR) is 74.2 cm³/mol. The third-order valence-electron chi connectivity index (χ3n) is 3.32. The molecule has 1 N–H and O–H groups in total. The topological polar surface area (TPSA) is 32.7 Å². The fourth-order valence-electron chi connectivity index (χ4n) is 2.43. The minimum absolute atomic E-state index is 0.0293. The molecule has 100 valence electrons. The number of aliphatic hydroxyl groups is 1. The second-order valence-electron chi connectivity index (χ2n) is 4.61. The standard InChI is InChI=1S/C14H20ClNO2/c1-2-18-12-4-3-7-16(9-12)14-6-5-11(10-17)8-13(14)15/h5-6,8,12,17H,2-4,7,9-10H2,1H3. The SMILES string of the molecule is CCOC1CCCN(c2ccc(CO)cc2Cl)C1. The van der Waals surface area contributed by atoms with Gasteiger partial charge in [-0.05, 0) is 37.5 Å². The van der Waals surface area contributed by atoms with Crippen molar-refractivity contribution in [2.24, 2.45) is 0 Å². The lowest BCUT2D eigenvalue weighted by molar-refractivity contribution is 0.0527. The lowest BCUT2D eigenvalue weighted by Gasteiger charge is -2.34. The fourth-order valence-corrected chi connectivity index (χ4v) is 2.76. The van der Waals surface area contributed by atoms with Crippen LogP contribution in [0.5, 0.6) is 0 Å². The zero-order valence-electron chi connectivity index (χ0n) is 10.7. The maximum absolute atomic E-state index is 9.08. The second-order valence-corrected chi connectivity index (χ2v) is 5.02. The molecule has 18 heavy (non-hydrogen) atoms. The van der Waals surface area contributed by atoms with E-state index in [1.807, 2.05) is 25.1 Å². The molecule has 1 fully saturated rings. The summed E-state index contributed by atoms with van der Waals surface area (Å²) in [6, 6.07) is 5.74. The summed E-state index contributed by atoms with van der Waals surface area (Å²) in [5.74, 6) is 0. The molecule has 0 spiro atoms. The molecule has 0 amide bonds. The number of rotatable bonds is 4. The summed E-state index contributed by atoms with van der Waals surface area (Å²) < 4.78 is 5.69. The molecule has 0 radical (unpaired) electrons. The van der Waals surface area contributed by atoms with E-state index in [0.717, 1.165) is 43.8 Å². The Morgan fingerprint density at radius 3 is 3.00 bits per heavy atom. The minimum atomic E-state index is 0.0293. The molecule has 0 bridgehead atoms. The van der Waals surface area contributed by atoms with Crippen molar-refractivity contribution in [3.8, 4) is 0 Å². The molecule has 1 atom stereocenters. The fraction of sp³-hybridized carbons (Fsp3) is 0.571. The largest absolute Gasteiger partial charge is 0.392 e. The van der Waals surface area contributed by atoms with Gasteiger partial charge in [-0.15, -0.1) is 0 Å². The maximum Gasteiger partial charge on any atom is 0.0750 e. The Kier molecular flexibility index (Phi) is 4.87. The average Bonchev–Trinajstić information content (AvgIpc) is 2.39. The lowest BCUT2D eigenvalue weighted by atomic mass is 10.1. The highest BCUT2D eigenvalue weighted by molar-refractivity contribution is 6.33. The highest BCUT2D eigenvalue weighted by Gasteiger charge is 2.21. The molecule has 2 rings (SSSR count). The summed E-state index contributed by atoms with van der Waals surface area (Å²) in [5.41, 5.74) is 1.89. The van der Waals surface area contributed by atoms with Crippen LogP contribution in [-0.2, 0) is 11.3 Å². The number of benzene rings is 1. The summed E-state index contributed by atoms with van der Waals surface area (Å²) in [6.07, 6.45) is 2.55. The number of ether oxygens (including phenoxy) is 1. The summed E-state index contributed by atoms with van der Waals surface area (Å²) in [4.78, 5) is 2.27. The van der Waals surface area contributed by atoms with Crippen molar-refractivity contribution >= 4 is 17.3 Å². The van der Waals surface area contributed by atoms with E-state index in [4.69, 9.17) is 21.4 Å². The number of nitrogens with zero attached hydrogens (tertiary/aromatic N) is 1. The molecule has 0 saturated carbocycles. The molecule has 0 aromatic heterocycles. The van der Waals surface area contributed by atoms with E-state index in [0.29, 0.717) is 11.1 Å². The molecular formula is C14H20ClNO2. The van der Waals surface area contributed by atoms with E-state index in [1.165, 1.54) is 0 Å². The Morgan fingerprint density at radius 2 is 2.33 bits per heavy atom.